The van der Waals surface area contributed by atoms with Crippen LogP contribution in [-0.2, 0) is 12.4 Å². The van der Waals surface area contributed by atoms with Crippen molar-refractivity contribution in [3.05, 3.63) is 47.8 Å². The lowest BCUT2D eigenvalue weighted by molar-refractivity contribution is -0.143. The standard InChI is InChI=1S/C12H6F6N2/c13-11(14,15)8-4-7(10-19-2-1-3-20-10)5-9(6-8)12(16,17)18/h1-6H. The summed E-state index contributed by atoms with van der Waals surface area (Å²) in [5, 5.41) is 0. The van der Waals surface area contributed by atoms with Crippen LogP contribution in [-0.4, -0.2) is 9.97 Å². The lowest BCUT2D eigenvalue weighted by atomic mass is 10.0. The van der Waals surface area contributed by atoms with Gasteiger partial charge in [-0.15, -0.1) is 0 Å². The summed E-state index contributed by atoms with van der Waals surface area (Å²) in [5.74, 6) is -0.205. The fourth-order valence-electron chi connectivity index (χ4n) is 1.53. The first-order valence-corrected chi connectivity index (χ1v) is 5.25. The van der Waals surface area contributed by atoms with Gasteiger partial charge in [0, 0.05) is 18.0 Å². The highest BCUT2D eigenvalue weighted by atomic mass is 19.4. The highest BCUT2D eigenvalue weighted by Crippen LogP contribution is 2.37. The number of aromatic nitrogens is 2. The molecule has 2 aromatic rings. The van der Waals surface area contributed by atoms with E-state index in [4.69, 9.17) is 0 Å². The molecule has 0 bridgehead atoms. The molecule has 1 aromatic carbocycles. The van der Waals surface area contributed by atoms with E-state index in [1.807, 2.05) is 0 Å². The van der Waals surface area contributed by atoms with Gasteiger partial charge in [-0.3, -0.25) is 0 Å². The summed E-state index contributed by atoms with van der Waals surface area (Å²) in [7, 11) is 0. The van der Waals surface area contributed by atoms with E-state index in [0.717, 1.165) is 0 Å². The number of hydrogen-bond acceptors (Lipinski definition) is 2. The van der Waals surface area contributed by atoms with Crippen molar-refractivity contribution in [1.29, 1.82) is 0 Å². The van der Waals surface area contributed by atoms with E-state index in [0.29, 0.717) is 12.1 Å². The molecule has 0 spiro atoms. The highest BCUT2D eigenvalue weighted by Gasteiger charge is 2.37. The smallest absolute Gasteiger partial charge is 0.237 e. The normalized spacial score (nSPS) is 12.5. The minimum absolute atomic E-state index is 0.0619. The van der Waals surface area contributed by atoms with Crippen LogP contribution in [0.5, 0.6) is 0 Å². The molecular formula is C12H6F6N2. The maximum absolute atomic E-state index is 12.6. The van der Waals surface area contributed by atoms with E-state index in [9.17, 15) is 26.3 Å². The maximum Gasteiger partial charge on any atom is 0.416 e. The zero-order valence-corrected chi connectivity index (χ0v) is 9.63. The van der Waals surface area contributed by atoms with Gasteiger partial charge in [0.2, 0.25) is 0 Å². The van der Waals surface area contributed by atoms with Gasteiger partial charge in [-0.05, 0) is 24.3 Å². The Morgan fingerprint density at radius 2 is 1.15 bits per heavy atom. The van der Waals surface area contributed by atoms with Gasteiger partial charge in [-0.1, -0.05) is 0 Å². The van der Waals surface area contributed by atoms with Gasteiger partial charge < -0.3 is 0 Å². The quantitative estimate of drug-likeness (QED) is 0.737. The van der Waals surface area contributed by atoms with E-state index in [1.54, 1.807) is 0 Å². The summed E-state index contributed by atoms with van der Waals surface area (Å²) in [4.78, 5) is 7.30. The molecule has 8 heteroatoms. The number of nitrogens with zero attached hydrogens (tertiary/aromatic N) is 2. The predicted molar refractivity (Wildman–Crippen MR) is 57.5 cm³/mol. The Kier molecular flexibility index (Phi) is 3.41. The molecule has 0 saturated heterocycles. The third-order valence-corrected chi connectivity index (χ3v) is 2.41. The van der Waals surface area contributed by atoms with E-state index < -0.39 is 23.5 Å². The molecule has 0 aliphatic carbocycles. The van der Waals surface area contributed by atoms with Gasteiger partial charge in [0.25, 0.3) is 0 Å². The maximum atomic E-state index is 12.6. The van der Waals surface area contributed by atoms with Crippen molar-refractivity contribution in [1.82, 2.24) is 9.97 Å². The first-order chi connectivity index (χ1) is 9.18. The second-order valence-electron chi connectivity index (χ2n) is 3.87. The Bertz CT molecular complexity index is 571. The molecule has 0 N–H and O–H groups in total. The summed E-state index contributed by atoms with van der Waals surface area (Å²) in [6.45, 7) is 0. The Hall–Kier alpha value is -2.12. The van der Waals surface area contributed by atoms with Crippen LogP contribution in [0.3, 0.4) is 0 Å². The van der Waals surface area contributed by atoms with Gasteiger partial charge in [0.05, 0.1) is 11.1 Å². The van der Waals surface area contributed by atoms with E-state index in [1.165, 1.54) is 18.5 Å². The first-order valence-electron chi connectivity index (χ1n) is 5.25. The van der Waals surface area contributed by atoms with Crippen molar-refractivity contribution in [3.8, 4) is 11.4 Å². The average Bonchev–Trinajstić information content (AvgIpc) is 2.37. The minimum Gasteiger partial charge on any atom is -0.237 e. The molecule has 0 radical (unpaired) electrons. The van der Waals surface area contributed by atoms with Crippen molar-refractivity contribution in [2.45, 2.75) is 12.4 Å². The van der Waals surface area contributed by atoms with Crippen LogP contribution in [0.2, 0.25) is 0 Å². The molecule has 0 saturated carbocycles. The third-order valence-electron chi connectivity index (χ3n) is 2.41. The minimum atomic E-state index is -4.88. The van der Waals surface area contributed by atoms with E-state index >= 15 is 0 Å². The summed E-state index contributed by atoms with van der Waals surface area (Å²) in [5.41, 5.74) is -3.13. The zero-order chi connectivity index (χ0) is 15.0. The van der Waals surface area contributed by atoms with Gasteiger partial charge in [-0.25, -0.2) is 9.97 Å². The Morgan fingerprint density at radius 3 is 1.55 bits per heavy atom. The number of halogens is 6. The molecule has 20 heavy (non-hydrogen) atoms. The first kappa shape index (κ1) is 14.3. The van der Waals surface area contributed by atoms with Gasteiger partial charge in [-0.2, -0.15) is 26.3 Å². The van der Waals surface area contributed by atoms with Gasteiger partial charge >= 0.3 is 12.4 Å². The van der Waals surface area contributed by atoms with Gasteiger partial charge in [0.1, 0.15) is 0 Å². The highest BCUT2D eigenvalue weighted by molar-refractivity contribution is 5.58. The molecule has 0 unspecified atom stereocenters. The Labute approximate surface area is 109 Å². The van der Waals surface area contributed by atoms with Crippen molar-refractivity contribution in [2.24, 2.45) is 0 Å². The molecule has 0 aliphatic heterocycles. The fourth-order valence-corrected chi connectivity index (χ4v) is 1.53. The van der Waals surface area contributed by atoms with Crippen molar-refractivity contribution >= 4 is 0 Å². The average molecular weight is 292 g/mol. The molecule has 2 rings (SSSR count). The fraction of sp³-hybridized carbons (Fsp3) is 0.167. The molecule has 2 nitrogen and oxygen atoms in total. The van der Waals surface area contributed by atoms with Crippen molar-refractivity contribution in [2.75, 3.05) is 0 Å². The topological polar surface area (TPSA) is 25.8 Å². The number of benzene rings is 1. The molecule has 1 heterocycles. The zero-order valence-electron chi connectivity index (χ0n) is 9.63. The molecule has 106 valence electrons. The number of alkyl halides is 6. The monoisotopic (exact) mass is 292 g/mol. The van der Waals surface area contributed by atoms with Crippen LogP contribution in [0, 0.1) is 0 Å². The third kappa shape index (κ3) is 3.06. The molecule has 0 amide bonds. The van der Waals surface area contributed by atoms with Crippen LogP contribution < -0.4 is 0 Å². The van der Waals surface area contributed by atoms with E-state index in [-0.39, 0.29) is 17.5 Å². The van der Waals surface area contributed by atoms with Gasteiger partial charge in [0.15, 0.2) is 5.82 Å². The second kappa shape index (κ2) is 4.77. The molecule has 1 aromatic heterocycles. The molecule has 0 aliphatic rings. The number of rotatable bonds is 1. The van der Waals surface area contributed by atoms with E-state index in [2.05, 4.69) is 9.97 Å². The molecule has 0 atom stereocenters. The molecular weight excluding hydrogens is 286 g/mol. The van der Waals surface area contributed by atoms with Crippen LogP contribution in [0.1, 0.15) is 11.1 Å². The van der Waals surface area contributed by atoms with Crippen LogP contribution in [0.4, 0.5) is 26.3 Å². The van der Waals surface area contributed by atoms with Crippen molar-refractivity contribution in [3.63, 3.8) is 0 Å². The summed E-state index contributed by atoms with van der Waals surface area (Å²) in [6, 6.07) is 2.64. The van der Waals surface area contributed by atoms with Crippen LogP contribution in [0.25, 0.3) is 11.4 Å². The predicted octanol–water partition coefficient (Wildman–Crippen LogP) is 4.18. The summed E-state index contributed by atoms with van der Waals surface area (Å²) in [6.07, 6.45) is -7.30. The lowest BCUT2D eigenvalue weighted by Crippen LogP contribution is -2.11. The lowest BCUT2D eigenvalue weighted by Gasteiger charge is -2.13. The Balaban J connectivity index is 2.64. The summed E-state index contributed by atoms with van der Waals surface area (Å²) < 4.78 is 75.9. The van der Waals surface area contributed by atoms with Crippen LogP contribution >= 0.6 is 0 Å². The van der Waals surface area contributed by atoms with Crippen molar-refractivity contribution < 1.29 is 26.3 Å². The number of hydrogen-bond donors (Lipinski definition) is 0. The summed E-state index contributed by atoms with van der Waals surface area (Å²) >= 11 is 0. The second-order valence-corrected chi connectivity index (χ2v) is 3.87. The van der Waals surface area contributed by atoms with Crippen LogP contribution in [0.15, 0.2) is 36.7 Å². The molecule has 0 fully saturated rings. The SMILES string of the molecule is FC(F)(F)c1cc(-c2ncccn2)cc(C(F)(F)F)c1. The Morgan fingerprint density at radius 1 is 0.700 bits per heavy atom. The largest absolute Gasteiger partial charge is 0.416 e.